The molecule has 92 valence electrons. The molecule has 1 rings (SSSR count). The lowest BCUT2D eigenvalue weighted by atomic mass is 10.1. The summed E-state index contributed by atoms with van der Waals surface area (Å²) in [6, 6.07) is 7.28. The lowest BCUT2D eigenvalue weighted by Gasteiger charge is -2.11. The molecule has 2 N–H and O–H groups in total. The standard InChI is InChI=1S/C12H14INO3/c1-8(6-11(15)16)7-14-12(17)9-4-2-3-5-10(9)13/h2-5,8H,6-7H2,1H3,(H,14,17)(H,15,16). The summed E-state index contributed by atoms with van der Waals surface area (Å²) in [6.45, 7) is 2.17. The number of hydrogen-bond donors (Lipinski definition) is 2. The van der Waals surface area contributed by atoms with E-state index in [9.17, 15) is 9.59 Å². The maximum absolute atomic E-state index is 11.8. The Balaban J connectivity index is 2.51. The molecule has 1 unspecified atom stereocenters. The van der Waals surface area contributed by atoms with Crippen LogP contribution in [0.4, 0.5) is 0 Å². The van der Waals surface area contributed by atoms with Gasteiger partial charge < -0.3 is 10.4 Å². The highest BCUT2D eigenvalue weighted by Gasteiger charge is 2.12. The van der Waals surface area contributed by atoms with Gasteiger partial charge in [-0.1, -0.05) is 19.1 Å². The van der Waals surface area contributed by atoms with Gasteiger partial charge in [-0.15, -0.1) is 0 Å². The van der Waals surface area contributed by atoms with E-state index in [0.717, 1.165) is 3.57 Å². The Morgan fingerprint density at radius 2 is 2.06 bits per heavy atom. The molecule has 1 amide bonds. The predicted molar refractivity (Wildman–Crippen MR) is 72.9 cm³/mol. The summed E-state index contributed by atoms with van der Waals surface area (Å²) in [4.78, 5) is 22.3. The Morgan fingerprint density at radius 3 is 2.65 bits per heavy atom. The SMILES string of the molecule is CC(CNC(=O)c1ccccc1I)CC(=O)O. The van der Waals surface area contributed by atoms with Crippen molar-refractivity contribution >= 4 is 34.5 Å². The van der Waals surface area contributed by atoms with Gasteiger partial charge in [0.1, 0.15) is 0 Å². The minimum atomic E-state index is -0.846. The second-order valence-electron chi connectivity index (χ2n) is 3.89. The van der Waals surface area contributed by atoms with Gasteiger partial charge in [-0.25, -0.2) is 0 Å². The van der Waals surface area contributed by atoms with Crippen LogP contribution in [0.5, 0.6) is 0 Å². The molecular weight excluding hydrogens is 333 g/mol. The Bertz CT molecular complexity index is 420. The molecule has 0 fully saturated rings. The number of carbonyl (C=O) groups is 2. The van der Waals surface area contributed by atoms with E-state index in [-0.39, 0.29) is 18.2 Å². The van der Waals surface area contributed by atoms with Crippen molar-refractivity contribution in [3.63, 3.8) is 0 Å². The van der Waals surface area contributed by atoms with Crippen molar-refractivity contribution in [2.24, 2.45) is 5.92 Å². The zero-order valence-corrected chi connectivity index (χ0v) is 11.6. The van der Waals surface area contributed by atoms with Crippen LogP contribution in [0.25, 0.3) is 0 Å². The van der Waals surface area contributed by atoms with Crippen molar-refractivity contribution in [3.05, 3.63) is 33.4 Å². The molecule has 5 heteroatoms. The summed E-state index contributed by atoms with van der Waals surface area (Å²) in [7, 11) is 0. The molecular formula is C12H14INO3. The zero-order valence-electron chi connectivity index (χ0n) is 9.44. The number of nitrogens with one attached hydrogen (secondary N) is 1. The first-order chi connectivity index (χ1) is 8.00. The third kappa shape index (κ3) is 4.72. The van der Waals surface area contributed by atoms with E-state index in [1.807, 2.05) is 12.1 Å². The van der Waals surface area contributed by atoms with Crippen LogP contribution >= 0.6 is 22.6 Å². The summed E-state index contributed by atoms with van der Waals surface area (Å²) in [5, 5.41) is 11.3. The number of amides is 1. The van der Waals surface area contributed by atoms with Gasteiger partial charge in [-0.05, 0) is 40.6 Å². The monoisotopic (exact) mass is 347 g/mol. The number of carboxylic acid groups (broad SMARTS) is 1. The number of carboxylic acids is 1. The van der Waals surface area contributed by atoms with Crippen LogP contribution < -0.4 is 5.32 Å². The fraction of sp³-hybridized carbons (Fsp3) is 0.333. The number of aliphatic carboxylic acids is 1. The van der Waals surface area contributed by atoms with Crippen molar-refractivity contribution < 1.29 is 14.7 Å². The topological polar surface area (TPSA) is 66.4 Å². The molecule has 4 nitrogen and oxygen atoms in total. The summed E-state index contributed by atoms with van der Waals surface area (Å²) < 4.78 is 0.883. The molecule has 1 aromatic carbocycles. The molecule has 0 aliphatic rings. The first-order valence-electron chi connectivity index (χ1n) is 5.25. The van der Waals surface area contributed by atoms with Crippen molar-refractivity contribution in [1.29, 1.82) is 0 Å². The second kappa shape index (κ2) is 6.58. The molecule has 0 aliphatic heterocycles. The van der Waals surface area contributed by atoms with Crippen molar-refractivity contribution in [3.8, 4) is 0 Å². The van der Waals surface area contributed by atoms with Crippen molar-refractivity contribution in [2.45, 2.75) is 13.3 Å². The molecule has 1 atom stereocenters. The van der Waals surface area contributed by atoms with Gasteiger partial charge >= 0.3 is 5.97 Å². The minimum Gasteiger partial charge on any atom is -0.481 e. The highest BCUT2D eigenvalue weighted by molar-refractivity contribution is 14.1. The van der Waals surface area contributed by atoms with Crippen molar-refractivity contribution in [1.82, 2.24) is 5.32 Å². The number of halogens is 1. The predicted octanol–water partition coefficient (Wildman–Crippen LogP) is 2.13. The van der Waals surface area contributed by atoms with E-state index in [1.54, 1.807) is 19.1 Å². The molecule has 0 aromatic heterocycles. The average molecular weight is 347 g/mol. The van der Waals surface area contributed by atoms with E-state index in [0.29, 0.717) is 12.1 Å². The smallest absolute Gasteiger partial charge is 0.303 e. The maximum atomic E-state index is 11.8. The van der Waals surface area contributed by atoms with Gasteiger partial charge in [0.25, 0.3) is 5.91 Å². The quantitative estimate of drug-likeness (QED) is 0.802. The molecule has 0 saturated heterocycles. The van der Waals surface area contributed by atoms with E-state index >= 15 is 0 Å². The summed E-state index contributed by atoms with van der Waals surface area (Å²) in [5.41, 5.74) is 0.621. The van der Waals surface area contributed by atoms with Crippen LogP contribution in [0.2, 0.25) is 0 Å². The third-order valence-corrected chi connectivity index (χ3v) is 3.19. The van der Waals surface area contributed by atoms with Crippen LogP contribution in [0.3, 0.4) is 0 Å². The van der Waals surface area contributed by atoms with Crippen LogP contribution in [0.1, 0.15) is 23.7 Å². The first-order valence-corrected chi connectivity index (χ1v) is 6.33. The molecule has 0 heterocycles. The summed E-state index contributed by atoms with van der Waals surface area (Å²) in [6.07, 6.45) is 0.0617. The lowest BCUT2D eigenvalue weighted by molar-refractivity contribution is -0.137. The van der Waals surface area contributed by atoms with Gasteiger partial charge in [-0.3, -0.25) is 9.59 Å². The fourth-order valence-corrected chi connectivity index (χ4v) is 2.01. The van der Waals surface area contributed by atoms with E-state index in [1.165, 1.54) is 0 Å². The number of hydrogen-bond acceptors (Lipinski definition) is 2. The normalized spacial score (nSPS) is 11.9. The van der Waals surface area contributed by atoms with Crippen LogP contribution in [0, 0.1) is 9.49 Å². The Morgan fingerprint density at radius 1 is 1.41 bits per heavy atom. The Kier molecular flexibility index (Phi) is 5.40. The summed E-state index contributed by atoms with van der Waals surface area (Å²) >= 11 is 2.10. The second-order valence-corrected chi connectivity index (χ2v) is 5.06. The molecule has 1 aromatic rings. The van der Waals surface area contributed by atoms with Gasteiger partial charge in [0.05, 0.1) is 5.56 Å². The van der Waals surface area contributed by atoms with Gasteiger partial charge in [0.2, 0.25) is 0 Å². The molecule has 0 spiro atoms. The van der Waals surface area contributed by atoms with Crippen molar-refractivity contribution in [2.75, 3.05) is 6.54 Å². The molecule has 0 bridgehead atoms. The maximum Gasteiger partial charge on any atom is 0.303 e. The van der Waals surface area contributed by atoms with Gasteiger partial charge in [-0.2, -0.15) is 0 Å². The van der Waals surface area contributed by atoms with E-state index < -0.39 is 5.97 Å². The van der Waals surface area contributed by atoms with Crippen LogP contribution in [0.15, 0.2) is 24.3 Å². The zero-order chi connectivity index (χ0) is 12.8. The molecule has 17 heavy (non-hydrogen) atoms. The number of benzene rings is 1. The number of rotatable bonds is 5. The minimum absolute atomic E-state index is 0.0617. The van der Waals surface area contributed by atoms with Crippen LogP contribution in [-0.2, 0) is 4.79 Å². The Labute approximate surface area is 114 Å². The van der Waals surface area contributed by atoms with E-state index in [2.05, 4.69) is 27.9 Å². The third-order valence-electron chi connectivity index (χ3n) is 2.25. The highest BCUT2D eigenvalue weighted by atomic mass is 127. The lowest BCUT2D eigenvalue weighted by Crippen LogP contribution is -2.29. The van der Waals surface area contributed by atoms with E-state index in [4.69, 9.17) is 5.11 Å². The molecule has 0 radical (unpaired) electrons. The molecule has 0 saturated carbocycles. The average Bonchev–Trinajstić information content (AvgIpc) is 2.25. The van der Waals surface area contributed by atoms with Crippen LogP contribution in [-0.4, -0.2) is 23.5 Å². The molecule has 0 aliphatic carbocycles. The summed E-state index contributed by atoms with van der Waals surface area (Å²) in [5.74, 6) is -1.08. The Hall–Kier alpha value is -1.11. The van der Waals surface area contributed by atoms with Gasteiger partial charge in [0, 0.05) is 16.5 Å². The number of carbonyl (C=O) groups excluding carboxylic acids is 1. The fourth-order valence-electron chi connectivity index (χ4n) is 1.38. The highest BCUT2D eigenvalue weighted by Crippen LogP contribution is 2.11. The van der Waals surface area contributed by atoms with Gasteiger partial charge in [0.15, 0.2) is 0 Å². The largest absolute Gasteiger partial charge is 0.481 e. The first kappa shape index (κ1) is 14.0.